The second-order valence-corrected chi connectivity index (χ2v) is 4.91. The Hall–Kier alpha value is -1.91. The first-order chi connectivity index (χ1) is 9.61. The molecule has 1 N–H and O–H groups in total. The molecule has 2 aromatic rings. The Morgan fingerprint density at radius 2 is 2.20 bits per heavy atom. The maximum atomic E-state index is 13.3. The molecule has 20 heavy (non-hydrogen) atoms. The van der Waals surface area contributed by atoms with E-state index < -0.39 is 5.97 Å². The number of hydrogen-bond acceptors (Lipinski definition) is 2. The van der Waals surface area contributed by atoms with Gasteiger partial charge in [0.05, 0.1) is 17.5 Å². The molecule has 0 unspecified atom stereocenters. The van der Waals surface area contributed by atoms with Gasteiger partial charge < -0.3 is 9.67 Å². The molecule has 0 radical (unpaired) electrons. The Bertz CT molecular complexity index is 607. The summed E-state index contributed by atoms with van der Waals surface area (Å²) in [6.45, 7) is 2.93. The van der Waals surface area contributed by atoms with Crippen molar-refractivity contribution in [1.29, 1.82) is 0 Å². The molecule has 0 aliphatic rings. The predicted octanol–water partition coefficient (Wildman–Crippen LogP) is 3.38. The monoisotopic (exact) mass is 278 g/mol. The van der Waals surface area contributed by atoms with Crippen LogP contribution in [0.3, 0.4) is 0 Å². The van der Waals surface area contributed by atoms with E-state index in [0.717, 1.165) is 37.1 Å². The smallest absolute Gasteiger partial charge is 0.303 e. The summed E-state index contributed by atoms with van der Waals surface area (Å²) in [6, 6.07) is 4.53. The van der Waals surface area contributed by atoms with E-state index in [2.05, 4.69) is 11.9 Å². The highest BCUT2D eigenvalue weighted by molar-refractivity contribution is 5.76. The SMILES string of the molecule is CCCCCn1c(CCC(=O)O)nc2cc(F)ccc21. The number of benzene rings is 1. The highest BCUT2D eigenvalue weighted by atomic mass is 19.1. The summed E-state index contributed by atoms with van der Waals surface area (Å²) < 4.78 is 15.3. The van der Waals surface area contributed by atoms with Crippen LogP contribution in [0.2, 0.25) is 0 Å². The molecule has 0 bridgehead atoms. The minimum atomic E-state index is -0.844. The summed E-state index contributed by atoms with van der Waals surface area (Å²) >= 11 is 0. The quantitative estimate of drug-likeness (QED) is 0.790. The lowest BCUT2D eigenvalue weighted by Crippen LogP contribution is -2.07. The van der Waals surface area contributed by atoms with E-state index in [9.17, 15) is 9.18 Å². The first-order valence-electron chi connectivity index (χ1n) is 6.98. The van der Waals surface area contributed by atoms with Crippen LogP contribution in [0.5, 0.6) is 0 Å². The summed E-state index contributed by atoms with van der Waals surface area (Å²) in [4.78, 5) is 15.1. The van der Waals surface area contributed by atoms with E-state index in [1.165, 1.54) is 12.1 Å². The summed E-state index contributed by atoms with van der Waals surface area (Å²) in [5, 5.41) is 8.80. The van der Waals surface area contributed by atoms with Gasteiger partial charge in [-0.05, 0) is 18.6 Å². The Morgan fingerprint density at radius 1 is 1.40 bits per heavy atom. The molecule has 0 saturated carbocycles. The van der Waals surface area contributed by atoms with Gasteiger partial charge in [-0.15, -0.1) is 0 Å². The zero-order valence-electron chi connectivity index (χ0n) is 11.6. The van der Waals surface area contributed by atoms with Gasteiger partial charge in [0, 0.05) is 19.0 Å². The fourth-order valence-electron chi connectivity index (χ4n) is 2.33. The average Bonchev–Trinajstić information content (AvgIpc) is 2.74. The Kier molecular flexibility index (Phi) is 4.71. The van der Waals surface area contributed by atoms with E-state index in [-0.39, 0.29) is 12.2 Å². The van der Waals surface area contributed by atoms with Gasteiger partial charge in [0.2, 0.25) is 0 Å². The Balaban J connectivity index is 2.31. The number of carboxylic acids is 1. The van der Waals surface area contributed by atoms with Crippen LogP contribution in [0, 0.1) is 5.82 Å². The number of hydrogen-bond donors (Lipinski definition) is 1. The number of nitrogens with zero attached hydrogens (tertiary/aromatic N) is 2. The number of carbonyl (C=O) groups is 1. The number of imidazole rings is 1. The molecule has 0 fully saturated rings. The summed E-state index contributed by atoms with van der Waals surface area (Å²) in [5.41, 5.74) is 1.48. The lowest BCUT2D eigenvalue weighted by Gasteiger charge is -2.08. The standard InChI is InChI=1S/C15H19FN2O2/c1-2-3-4-9-18-13-6-5-11(16)10-12(13)17-14(18)7-8-15(19)20/h5-6,10H,2-4,7-9H2,1H3,(H,19,20). The first kappa shape index (κ1) is 14.5. The van der Waals surface area contributed by atoms with E-state index in [0.29, 0.717) is 11.9 Å². The number of rotatable bonds is 7. The van der Waals surface area contributed by atoms with E-state index in [4.69, 9.17) is 5.11 Å². The second kappa shape index (κ2) is 6.50. The van der Waals surface area contributed by atoms with Crippen molar-refractivity contribution in [3.05, 3.63) is 29.8 Å². The minimum Gasteiger partial charge on any atom is -0.481 e. The lowest BCUT2D eigenvalue weighted by atomic mass is 10.2. The molecule has 1 heterocycles. The highest BCUT2D eigenvalue weighted by Gasteiger charge is 2.12. The average molecular weight is 278 g/mol. The number of aliphatic carboxylic acids is 1. The van der Waals surface area contributed by atoms with Crippen LogP contribution in [0.1, 0.15) is 38.4 Å². The molecule has 2 rings (SSSR count). The molecule has 0 atom stereocenters. The van der Waals surface area contributed by atoms with Crippen LogP contribution in [0.4, 0.5) is 4.39 Å². The van der Waals surface area contributed by atoms with Crippen LogP contribution in [0.25, 0.3) is 11.0 Å². The summed E-state index contributed by atoms with van der Waals surface area (Å²) in [6.07, 6.45) is 3.65. The molecule has 1 aromatic heterocycles. The van der Waals surface area contributed by atoms with Crippen molar-refractivity contribution >= 4 is 17.0 Å². The van der Waals surface area contributed by atoms with Crippen LogP contribution in [-0.4, -0.2) is 20.6 Å². The maximum absolute atomic E-state index is 13.3. The van der Waals surface area contributed by atoms with Gasteiger partial charge in [-0.3, -0.25) is 4.79 Å². The number of unbranched alkanes of at least 4 members (excludes halogenated alkanes) is 2. The number of aryl methyl sites for hydroxylation is 2. The van der Waals surface area contributed by atoms with Gasteiger partial charge in [0.15, 0.2) is 0 Å². The molecule has 0 amide bonds. The van der Waals surface area contributed by atoms with Gasteiger partial charge in [-0.25, -0.2) is 9.37 Å². The zero-order chi connectivity index (χ0) is 14.5. The predicted molar refractivity (Wildman–Crippen MR) is 75.2 cm³/mol. The van der Waals surface area contributed by atoms with Crippen LogP contribution in [-0.2, 0) is 17.8 Å². The van der Waals surface area contributed by atoms with E-state index in [1.807, 2.05) is 4.57 Å². The van der Waals surface area contributed by atoms with Gasteiger partial charge in [-0.2, -0.15) is 0 Å². The van der Waals surface area contributed by atoms with Gasteiger partial charge in [0.25, 0.3) is 0 Å². The van der Waals surface area contributed by atoms with E-state index >= 15 is 0 Å². The maximum Gasteiger partial charge on any atom is 0.303 e. The molecule has 1 aromatic carbocycles. The van der Waals surface area contributed by atoms with Crippen molar-refractivity contribution in [2.75, 3.05) is 0 Å². The minimum absolute atomic E-state index is 0.0413. The summed E-state index contributed by atoms with van der Waals surface area (Å²) in [5.74, 6) is -0.437. The number of halogens is 1. The zero-order valence-corrected chi connectivity index (χ0v) is 11.6. The van der Waals surface area contributed by atoms with Crippen molar-refractivity contribution in [2.45, 2.75) is 45.6 Å². The van der Waals surface area contributed by atoms with Crippen molar-refractivity contribution in [3.8, 4) is 0 Å². The van der Waals surface area contributed by atoms with Crippen molar-refractivity contribution in [1.82, 2.24) is 9.55 Å². The van der Waals surface area contributed by atoms with Crippen LogP contribution < -0.4 is 0 Å². The third kappa shape index (κ3) is 3.35. The second-order valence-electron chi connectivity index (χ2n) is 4.91. The van der Waals surface area contributed by atoms with Gasteiger partial charge >= 0.3 is 5.97 Å². The molecule has 4 nitrogen and oxygen atoms in total. The molecule has 5 heteroatoms. The Morgan fingerprint density at radius 3 is 2.90 bits per heavy atom. The lowest BCUT2D eigenvalue weighted by molar-refractivity contribution is -0.137. The normalized spacial score (nSPS) is 11.1. The number of aromatic nitrogens is 2. The fraction of sp³-hybridized carbons (Fsp3) is 0.467. The van der Waals surface area contributed by atoms with Crippen LogP contribution in [0.15, 0.2) is 18.2 Å². The largest absolute Gasteiger partial charge is 0.481 e. The molecule has 108 valence electrons. The molecule has 0 saturated heterocycles. The number of fused-ring (bicyclic) bond motifs is 1. The van der Waals surface area contributed by atoms with Crippen molar-refractivity contribution in [2.24, 2.45) is 0 Å². The fourth-order valence-corrected chi connectivity index (χ4v) is 2.33. The topological polar surface area (TPSA) is 55.1 Å². The van der Waals surface area contributed by atoms with Crippen LogP contribution >= 0.6 is 0 Å². The third-order valence-corrected chi connectivity index (χ3v) is 3.34. The first-order valence-corrected chi connectivity index (χ1v) is 6.98. The van der Waals surface area contributed by atoms with Gasteiger partial charge in [0.1, 0.15) is 11.6 Å². The van der Waals surface area contributed by atoms with Gasteiger partial charge in [-0.1, -0.05) is 19.8 Å². The Labute approximate surface area is 117 Å². The molecular weight excluding hydrogens is 259 g/mol. The highest BCUT2D eigenvalue weighted by Crippen LogP contribution is 2.19. The molecule has 0 spiro atoms. The van der Waals surface area contributed by atoms with E-state index in [1.54, 1.807) is 6.07 Å². The third-order valence-electron chi connectivity index (χ3n) is 3.34. The molecule has 0 aliphatic heterocycles. The number of carboxylic acid groups (broad SMARTS) is 1. The van der Waals surface area contributed by atoms with Crippen molar-refractivity contribution < 1.29 is 14.3 Å². The molecule has 0 aliphatic carbocycles. The van der Waals surface area contributed by atoms with Crippen molar-refractivity contribution in [3.63, 3.8) is 0 Å². The molecular formula is C15H19FN2O2. The summed E-state index contributed by atoms with van der Waals surface area (Å²) in [7, 11) is 0.